The molecule has 0 radical (unpaired) electrons. The number of hydrogen-bond donors (Lipinski definition) is 1. The molecule has 29 heavy (non-hydrogen) atoms. The molecule has 4 rings (SSSR count). The predicted molar refractivity (Wildman–Crippen MR) is 103 cm³/mol. The molecule has 2 atom stereocenters. The second-order valence-corrected chi connectivity index (χ2v) is 8.21. The second kappa shape index (κ2) is 7.47. The maximum Gasteiger partial charge on any atom is 0.416 e. The topological polar surface area (TPSA) is 47.3 Å². The fraction of sp³-hybridized carbons (Fsp3) is 0.435. The van der Waals surface area contributed by atoms with E-state index in [9.17, 15) is 18.3 Å². The number of nitriles is 1. The first-order valence-electron chi connectivity index (χ1n) is 9.94. The summed E-state index contributed by atoms with van der Waals surface area (Å²) in [5.41, 5.74) is -1.41. The molecule has 152 valence electrons. The Kier molecular flexibility index (Phi) is 5.14. The van der Waals surface area contributed by atoms with Crippen LogP contribution in [-0.2, 0) is 18.3 Å². The third-order valence-corrected chi connectivity index (χ3v) is 6.32. The van der Waals surface area contributed by atoms with E-state index >= 15 is 0 Å². The van der Waals surface area contributed by atoms with E-state index in [1.807, 2.05) is 18.2 Å². The molecule has 0 amide bonds. The van der Waals surface area contributed by atoms with Crippen LogP contribution in [0.5, 0.6) is 0 Å². The van der Waals surface area contributed by atoms with Crippen molar-refractivity contribution in [1.29, 1.82) is 5.26 Å². The van der Waals surface area contributed by atoms with Gasteiger partial charge >= 0.3 is 6.18 Å². The number of alkyl halides is 3. The van der Waals surface area contributed by atoms with Crippen LogP contribution >= 0.6 is 0 Å². The molecule has 2 aromatic carbocycles. The Hall–Kier alpha value is -2.36. The van der Waals surface area contributed by atoms with Crippen molar-refractivity contribution in [2.45, 2.75) is 62.5 Å². The molecule has 2 aliphatic heterocycles. The number of aliphatic hydroxyl groups is 1. The lowest BCUT2D eigenvalue weighted by molar-refractivity contribution is -0.145. The molecule has 2 bridgehead atoms. The summed E-state index contributed by atoms with van der Waals surface area (Å²) in [4.78, 5) is 2.35. The quantitative estimate of drug-likeness (QED) is 0.790. The van der Waals surface area contributed by atoms with Crippen molar-refractivity contribution in [3.05, 3.63) is 70.8 Å². The fourth-order valence-corrected chi connectivity index (χ4v) is 5.05. The first-order chi connectivity index (χ1) is 13.8. The smallest absolute Gasteiger partial charge is 0.385 e. The van der Waals surface area contributed by atoms with E-state index < -0.39 is 17.3 Å². The number of nitrogens with zero attached hydrogens (tertiary/aromatic N) is 2. The van der Waals surface area contributed by atoms with Gasteiger partial charge in [-0.15, -0.1) is 0 Å². The summed E-state index contributed by atoms with van der Waals surface area (Å²) in [6.07, 6.45) is -1.33. The van der Waals surface area contributed by atoms with E-state index in [0.717, 1.165) is 31.9 Å². The SMILES string of the molecule is N#Cc1ccc(C2(O)CC3CCCC(C2)N3Cc2ccccc2)c(C(F)(F)F)c1. The molecule has 2 saturated heterocycles. The molecule has 0 aliphatic carbocycles. The third kappa shape index (κ3) is 3.90. The summed E-state index contributed by atoms with van der Waals surface area (Å²) in [6.45, 7) is 0.742. The Morgan fingerprint density at radius 2 is 1.72 bits per heavy atom. The van der Waals surface area contributed by atoms with Crippen molar-refractivity contribution >= 4 is 0 Å². The van der Waals surface area contributed by atoms with Crippen molar-refractivity contribution in [3.63, 3.8) is 0 Å². The lowest BCUT2D eigenvalue weighted by Gasteiger charge is -2.52. The molecule has 1 N–H and O–H groups in total. The molecule has 2 fully saturated rings. The van der Waals surface area contributed by atoms with Crippen LogP contribution in [0.3, 0.4) is 0 Å². The van der Waals surface area contributed by atoms with E-state index in [-0.39, 0.29) is 36.1 Å². The van der Waals surface area contributed by atoms with Crippen LogP contribution in [-0.4, -0.2) is 22.1 Å². The Morgan fingerprint density at radius 3 is 2.31 bits per heavy atom. The van der Waals surface area contributed by atoms with Gasteiger partial charge in [-0.05, 0) is 48.9 Å². The summed E-state index contributed by atoms with van der Waals surface area (Å²) in [6, 6.07) is 15.4. The molecule has 0 spiro atoms. The van der Waals surface area contributed by atoms with Gasteiger partial charge in [-0.25, -0.2) is 0 Å². The Balaban J connectivity index is 1.67. The van der Waals surface area contributed by atoms with Crippen LogP contribution in [0.2, 0.25) is 0 Å². The molecule has 0 aromatic heterocycles. The number of rotatable bonds is 3. The molecule has 6 heteroatoms. The first-order valence-corrected chi connectivity index (χ1v) is 9.94. The summed E-state index contributed by atoms with van der Waals surface area (Å²) in [5, 5.41) is 20.4. The highest BCUT2D eigenvalue weighted by atomic mass is 19.4. The van der Waals surface area contributed by atoms with Gasteiger partial charge < -0.3 is 5.11 Å². The minimum atomic E-state index is -4.62. The van der Waals surface area contributed by atoms with Crippen molar-refractivity contribution in [2.75, 3.05) is 0 Å². The summed E-state index contributed by atoms with van der Waals surface area (Å²) < 4.78 is 41.1. The molecule has 2 unspecified atom stereocenters. The van der Waals surface area contributed by atoms with E-state index in [1.165, 1.54) is 17.7 Å². The zero-order valence-electron chi connectivity index (χ0n) is 16.0. The van der Waals surface area contributed by atoms with Crippen molar-refractivity contribution in [2.24, 2.45) is 0 Å². The van der Waals surface area contributed by atoms with Crippen LogP contribution in [0.4, 0.5) is 13.2 Å². The summed E-state index contributed by atoms with van der Waals surface area (Å²) >= 11 is 0. The number of halogens is 3. The average molecular weight is 400 g/mol. The monoisotopic (exact) mass is 400 g/mol. The zero-order valence-corrected chi connectivity index (χ0v) is 16.0. The van der Waals surface area contributed by atoms with E-state index in [4.69, 9.17) is 5.26 Å². The van der Waals surface area contributed by atoms with Crippen molar-refractivity contribution in [3.8, 4) is 6.07 Å². The Labute approximate surface area is 168 Å². The molecule has 2 aliphatic rings. The number of benzene rings is 2. The lowest BCUT2D eigenvalue weighted by Crippen LogP contribution is -2.56. The highest BCUT2D eigenvalue weighted by molar-refractivity contribution is 5.43. The van der Waals surface area contributed by atoms with Crippen molar-refractivity contribution < 1.29 is 18.3 Å². The maximum absolute atomic E-state index is 13.7. The lowest BCUT2D eigenvalue weighted by atomic mass is 9.71. The van der Waals surface area contributed by atoms with Gasteiger partial charge in [0.1, 0.15) is 0 Å². The summed E-state index contributed by atoms with van der Waals surface area (Å²) in [5.74, 6) is 0. The van der Waals surface area contributed by atoms with E-state index in [0.29, 0.717) is 0 Å². The first kappa shape index (κ1) is 19.9. The zero-order chi connectivity index (χ0) is 20.6. The van der Waals surface area contributed by atoms with Gasteiger partial charge in [0.2, 0.25) is 0 Å². The maximum atomic E-state index is 13.7. The highest BCUT2D eigenvalue weighted by Crippen LogP contribution is 2.48. The van der Waals surface area contributed by atoms with Crippen LogP contribution in [0.1, 0.15) is 54.4 Å². The van der Waals surface area contributed by atoms with Gasteiger partial charge in [-0.2, -0.15) is 18.4 Å². The molecular formula is C23H23F3N2O. The van der Waals surface area contributed by atoms with Gasteiger partial charge in [-0.1, -0.05) is 42.8 Å². The molecule has 2 heterocycles. The number of piperidine rings is 2. The normalized spacial score (nSPS) is 27.4. The van der Waals surface area contributed by atoms with Crippen LogP contribution in [0, 0.1) is 11.3 Å². The van der Waals surface area contributed by atoms with Gasteiger partial charge in [-0.3, -0.25) is 4.90 Å². The van der Waals surface area contributed by atoms with Crippen LogP contribution in [0.15, 0.2) is 48.5 Å². The predicted octanol–water partition coefficient (Wildman–Crippen LogP) is 4.98. The molecule has 2 aromatic rings. The van der Waals surface area contributed by atoms with E-state index in [2.05, 4.69) is 17.0 Å². The molecule has 3 nitrogen and oxygen atoms in total. The van der Waals surface area contributed by atoms with Gasteiger partial charge in [0.15, 0.2) is 0 Å². The Bertz CT molecular complexity index is 906. The van der Waals surface area contributed by atoms with Crippen molar-refractivity contribution in [1.82, 2.24) is 4.90 Å². The number of hydrogen-bond acceptors (Lipinski definition) is 3. The largest absolute Gasteiger partial charge is 0.416 e. The van der Waals surface area contributed by atoms with Gasteiger partial charge in [0.25, 0.3) is 0 Å². The van der Waals surface area contributed by atoms with E-state index in [1.54, 1.807) is 6.07 Å². The van der Waals surface area contributed by atoms with Crippen LogP contribution < -0.4 is 0 Å². The summed E-state index contributed by atoms with van der Waals surface area (Å²) in [7, 11) is 0. The third-order valence-electron chi connectivity index (χ3n) is 6.32. The highest BCUT2D eigenvalue weighted by Gasteiger charge is 2.49. The number of fused-ring (bicyclic) bond motifs is 2. The standard InChI is InChI=1S/C23H23F3N2O/c24-23(25,26)21-11-17(14-27)9-10-20(21)22(29)12-18-7-4-8-19(13-22)28(18)15-16-5-2-1-3-6-16/h1-3,5-6,9-11,18-19,29H,4,7-8,12-13,15H2. The Morgan fingerprint density at radius 1 is 1.07 bits per heavy atom. The van der Waals surface area contributed by atoms with Gasteiger partial charge in [0.05, 0.1) is 22.8 Å². The fourth-order valence-electron chi connectivity index (χ4n) is 5.05. The molecule has 0 saturated carbocycles. The minimum absolute atomic E-state index is 0.0319. The van der Waals surface area contributed by atoms with Crippen LogP contribution in [0.25, 0.3) is 0 Å². The average Bonchev–Trinajstić information content (AvgIpc) is 2.68. The molecular weight excluding hydrogens is 377 g/mol. The minimum Gasteiger partial charge on any atom is -0.385 e. The van der Waals surface area contributed by atoms with Gasteiger partial charge in [0, 0.05) is 18.6 Å². The second-order valence-electron chi connectivity index (χ2n) is 8.21.